The van der Waals surface area contributed by atoms with E-state index in [0.717, 1.165) is 17.0 Å². The number of nitrogens with zero attached hydrogens (tertiary/aromatic N) is 4. The average molecular weight is 360 g/mol. The van der Waals surface area contributed by atoms with Gasteiger partial charge in [-0.15, -0.1) is 10.2 Å². The highest BCUT2D eigenvalue weighted by Crippen LogP contribution is 2.31. The molecule has 3 rings (SSSR count). The van der Waals surface area contributed by atoms with Gasteiger partial charge in [0.2, 0.25) is 11.0 Å². The van der Waals surface area contributed by atoms with E-state index in [9.17, 15) is 4.79 Å². The third-order valence-corrected chi connectivity index (χ3v) is 5.63. The molecule has 0 atom stereocenters. The van der Waals surface area contributed by atoms with Crippen LogP contribution in [-0.2, 0) is 9.53 Å². The minimum atomic E-state index is 0.112. The molecule has 6 nitrogen and oxygen atoms in total. The summed E-state index contributed by atoms with van der Waals surface area (Å²) in [7, 11) is 1.64. The molecule has 7 heteroatoms. The number of aromatic nitrogens is 3. The van der Waals surface area contributed by atoms with Crippen LogP contribution < -0.4 is 4.90 Å². The Balaban J connectivity index is 1.69. The van der Waals surface area contributed by atoms with Gasteiger partial charge in [0.1, 0.15) is 5.01 Å². The predicted octanol–water partition coefficient (Wildman–Crippen LogP) is 3.55. The first-order chi connectivity index (χ1) is 12.3. The van der Waals surface area contributed by atoms with Crippen LogP contribution >= 0.6 is 11.3 Å². The van der Waals surface area contributed by atoms with E-state index in [4.69, 9.17) is 4.74 Å². The summed E-state index contributed by atoms with van der Waals surface area (Å²) in [6, 6.07) is 3.79. The van der Waals surface area contributed by atoms with Gasteiger partial charge < -0.3 is 4.74 Å². The van der Waals surface area contributed by atoms with Gasteiger partial charge in [-0.05, 0) is 24.5 Å². The van der Waals surface area contributed by atoms with Crippen molar-refractivity contribution >= 4 is 22.4 Å². The zero-order chi connectivity index (χ0) is 17.5. The Kier molecular flexibility index (Phi) is 6.47. The van der Waals surface area contributed by atoms with E-state index in [2.05, 4.69) is 15.2 Å². The van der Waals surface area contributed by atoms with Gasteiger partial charge in [-0.25, -0.2) is 0 Å². The monoisotopic (exact) mass is 360 g/mol. The first-order valence-electron chi connectivity index (χ1n) is 8.81. The molecule has 0 N–H and O–H groups in total. The quantitative estimate of drug-likeness (QED) is 0.720. The SMILES string of the molecule is COCCN(C(=O)CCC1CCCC1)c1nnc(-c2ccncc2)s1. The molecule has 0 unspecified atom stereocenters. The maximum absolute atomic E-state index is 12.8. The zero-order valence-electron chi connectivity index (χ0n) is 14.6. The zero-order valence-corrected chi connectivity index (χ0v) is 15.4. The van der Waals surface area contributed by atoms with Crippen LogP contribution in [0.1, 0.15) is 38.5 Å². The van der Waals surface area contributed by atoms with E-state index in [-0.39, 0.29) is 5.91 Å². The van der Waals surface area contributed by atoms with E-state index < -0.39 is 0 Å². The van der Waals surface area contributed by atoms with Crippen molar-refractivity contribution in [1.82, 2.24) is 15.2 Å². The van der Waals surface area contributed by atoms with Crippen LogP contribution in [0.4, 0.5) is 5.13 Å². The fourth-order valence-corrected chi connectivity index (χ4v) is 4.10. The van der Waals surface area contributed by atoms with E-state index >= 15 is 0 Å². The standard InChI is InChI=1S/C18H24N4O2S/c1-24-13-12-22(16(23)7-6-14-4-2-3-5-14)18-21-20-17(25-18)15-8-10-19-11-9-15/h8-11,14H,2-7,12-13H2,1H3. The topological polar surface area (TPSA) is 68.2 Å². The largest absolute Gasteiger partial charge is 0.383 e. The van der Waals surface area contributed by atoms with Crippen molar-refractivity contribution in [2.24, 2.45) is 5.92 Å². The molecule has 2 heterocycles. The molecule has 0 radical (unpaired) electrons. The van der Waals surface area contributed by atoms with Gasteiger partial charge in [0, 0.05) is 31.5 Å². The van der Waals surface area contributed by atoms with Gasteiger partial charge in [-0.1, -0.05) is 37.0 Å². The summed E-state index contributed by atoms with van der Waals surface area (Å²) in [4.78, 5) is 18.5. The summed E-state index contributed by atoms with van der Waals surface area (Å²) in [6.07, 6.45) is 10.1. The minimum absolute atomic E-state index is 0.112. The molecule has 2 aromatic rings. The summed E-state index contributed by atoms with van der Waals surface area (Å²) in [5, 5.41) is 9.92. The lowest BCUT2D eigenvalue weighted by Crippen LogP contribution is -2.34. The smallest absolute Gasteiger partial charge is 0.228 e. The normalized spacial score (nSPS) is 14.8. The summed E-state index contributed by atoms with van der Waals surface area (Å²) in [5.74, 6) is 0.816. The Bertz CT molecular complexity index is 671. The molecule has 1 aliphatic rings. The molecule has 0 bridgehead atoms. The number of rotatable bonds is 8. The summed E-state index contributed by atoms with van der Waals surface area (Å²) in [6.45, 7) is 0.990. The number of ether oxygens (including phenoxy) is 1. The lowest BCUT2D eigenvalue weighted by atomic mass is 10.0. The molecule has 134 valence electrons. The number of amides is 1. The van der Waals surface area contributed by atoms with Crippen molar-refractivity contribution in [3.05, 3.63) is 24.5 Å². The van der Waals surface area contributed by atoms with Crippen LogP contribution in [0.15, 0.2) is 24.5 Å². The number of carbonyl (C=O) groups excluding carboxylic acids is 1. The van der Waals surface area contributed by atoms with Gasteiger partial charge in [0.05, 0.1) is 13.2 Å². The maximum Gasteiger partial charge on any atom is 0.228 e. The Morgan fingerprint density at radius 1 is 1.28 bits per heavy atom. The molecule has 2 aromatic heterocycles. The second kappa shape index (κ2) is 9.01. The average Bonchev–Trinajstić information content (AvgIpc) is 3.33. The van der Waals surface area contributed by atoms with E-state index in [1.54, 1.807) is 24.4 Å². The molecular formula is C18H24N4O2S. The van der Waals surface area contributed by atoms with E-state index in [1.165, 1.54) is 37.0 Å². The van der Waals surface area contributed by atoms with Crippen molar-refractivity contribution < 1.29 is 9.53 Å². The lowest BCUT2D eigenvalue weighted by molar-refractivity contribution is -0.119. The van der Waals surface area contributed by atoms with Crippen molar-refractivity contribution in [2.45, 2.75) is 38.5 Å². The molecule has 0 spiro atoms. The molecule has 1 aliphatic carbocycles. The van der Waals surface area contributed by atoms with Gasteiger partial charge >= 0.3 is 0 Å². The van der Waals surface area contributed by atoms with Crippen LogP contribution in [0.25, 0.3) is 10.6 Å². The van der Waals surface area contributed by atoms with Gasteiger partial charge in [0.25, 0.3) is 0 Å². The number of anilines is 1. The first-order valence-corrected chi connectivity index (χ1v) is 9.63. The second-order valence-electron chi connectivity index (χ2n) is 6.35. The van der Waals surface area contributed by atoms with E-state index in [0.29, 0.717) is 30.6 Å². The van der Waals surface area contributed by atoms with Crippen LogP contribution in [0, 0.1) is 5.92 Å². The van der Waals surface area contributed by atoms with Crippen LogP contribution in [0.5, 0.6) is 0 Å². The number of hydrogen-bond acceptors (Lipinski definition) is 6. The molecule has 0 saturated heterocycles. The van der Waals surface area contributed by atoms with Crippen molar-refractivity contribution in [3.63, 3.8) is 0 Å². The lowest BCUT2D eigenvalue weighted by Gasteiger charge is -2.19. The van der Waals surface area contributed by atoms with Gasteiger partial charge in [0.15, 0.2) is 0 Å². The Morgan fingerprint density at radius 3 is 2.76 bits per heavy atom. The third kappa shape index (κ3) is 4.83. The molecular weight excluding hydrogens is 336 g/mol. The molecule has 1 fully saturated rings. The maximum atomic E-state index is 12.8. The van der Waals surface area contributed by atoms with Crippen molar-refractivity contribution in [1.29, 1.82) is 0 Å². The van der Waals surface area contributed by atoms with Gasteiger partial charge in [-0.2, -0.15) is 0 Å². The van der Waals surface area contributed by atoms with E-state index in [1.807, 2.05) is 12.1 Å². The summed E-state index contributed by atoms with van der Waals surface area (Å²) < 4.78 is 5.17. The summed E-state index contributed by atoms with van der Waals surface area (Å²) in [5.41, 5.74) is 0.962. The predicted molar refractivity (Wildman–Crippen MR) is 98.6 cm³/mol. The highest BCUT2D eigenvalue weighted by atomic mass is 32.1. The number of hydrogen-bond donors (Lipinski definition) is 0. The minimum Gasteiger partial charge on any atom is -0.383 e. The molecule has 0 aliphatic heterocycles. The van der Waals surface area contributed by atoms with Crippen LogP contribution in [-0.4, -0.2) is 41.3 Å². The number of pyridine rings is 1. The highest BCUT2D eigenvalue weighted by molar-refractivity contribution is 7.18. The fourth-order valence-electron chi connectivity index (χ4n) is 3.21. The van der Waals surface area contributed by atoms with Crippen LogP contribution in [0.2, 0.25) is 0 Å². The molecule has 1 saturated carbocycles. The Labute approximate surface area is 152 Å². The first kappa shape index (κ1) is 17.9. The number of carbonyl (C=O) groups is 1. The highest BCUT2D eigenvalue weighted by Gasteiger charge is 2.22. The molecule has 0 aromatic carbocycles. The van der Waals surface area contributed by atoms with Crippen molar-refractivity contribution in [2.75, 3.05) is 25.2 Å². The Morgan fingerprint density at radius 2 is 2.04 bits per heavy atom. The summed E-state index contributed by atoms with van der Waals surface area (Å²) >= 11 is 1.43. The fraction of sp³-hybridized carbons (Fsp3) is 0.556. The second-order valence-corrected chi connectivity index (χ2v) is 7.31. The Hall–Kier alpha value is -1.86. The number of methoxy groups -OCH3 is 1. The third-order valence-electron chi connectivity index (χ3n) is 4.63. The molecule has 1 amide bonds. The van der Waals surface area contributed by atoms with Gasteiger partial charge in [-0.3, -0.25) is 14.7 Å². The van der Waals surface area contributed by atoms with Crippen LogP contribution in [0.3, 0.4) is 0 Å². The molecule has 25 heavy (non-hydrogen) atoms. The van der Waals surface area contributed by atoms with Crippen molar-refractivity contribution in [3.8, 4) is 10.6 Å².